The minimum atomic E-state index is -4.44. The molecule has 10 heteroatoms. The molecule has 0 bridgehead atoms. The Balaban J connectivity index is 1.36. The Morgan fingerprint density at radius 3 is 2.58 bits per heavy atom. The van der Waals surface area contributed by atoms with Crippen LogP contribution in [0.1, 0.15) is 28.7 Å². The number of alkyl halides is 3. The number of aromatic nitrogens is 2. The molecule has 2 heterocycles. The summed E-state index contributed by atoms with van der Waals surface area (Å²) in [6.07, 6.45) is -4.44. The third-order valence-electron chi connectivity index (χ3n) is 5.35. The van der Waals surface area contributed by atoms with Gasteiger partial charge >= 0.3 is 6.18 Å². The molecule has 0 radical (unpaired) electrons. The van der Waals surface area contributed by atoms with Crippen LogP contribution in [0.2, 0.25) is 0 Å². The fraction of sp³-hybridized carbons (Fsp3) is 0.348. The van der Waals surface area contributed by atoms with Crippen molar-refractivity contribution in [3.63, 3.8) is 0 Å². The number of piperazine rings is 1. The predicted octanol–water partition coefficient (Wildman–Crippen LogP) is 4.11. The Kier molecular flexibility index (Phi) is 6.64. The zero-order valence-electron chi connectivity index (χ0n) is 18.0. The van der Waals surface area contributed by atoms with E-state index in [2.05, 4.69) is 15.0 Å². The predicted molar refractivity (Wildman–Crippen MR) is 114 cm³/mol. The van der Waals surface area contributed by atoms with Gasteiger partial charge in [0.2, 0.25) is 11.7 Å². The normalized spacial score (nSPS) is 15.0. The Morgan fingerprint density at radius 2 is 1.85 bits per heavy atom. The smallest absolute Gasteiger partial charge is 0.416 e. The lowest BCUT2D eigenvalue weighted by atomic mass is 10.1. The molecule has 1 amide bonds. The van der Waals surface area contributed by atoms with Crippen LogP contribution in [0.5, 0.6) is 5.75 Å². The number of carbonyl (C=O) groups excluding carboxylic acids is 1. The summed E-state index contributed by atoms with van der Waals surface area (Å²) in [5.74, 6) is 0.907. The van der Waals surface area contributed by atoms with Crippen molar-refractivity contribution in [2.45, 2.75) is 19.6 Å². The SMILES string of the molecule is CCOc1ccccc1C(=O)N1CCN(Cc2nc(-c3cccc(C(F)(F)F)c3)no2)CC1. The first-order valence-electron chi connectivity index (χ1n) is 10.6. The Hall–Kier alpha value is -3.40. The van der Waals surface area contributed by atoms with Crippen LogP contribution >= 0.6 is 0 Å². The highest BCUT2D eigenvalue weighted by atomic mass is 19.4. The number of amides is 1. The van der Waals surface area contributed by atoms with Gasteiger partial charge in [-0.1, -0.05) is 29.4 Å². The number of rotatable bonds is 6. The first-order valence-corrected chi connectivity index (χ1v) is 10.6. The van der Waals surface area contributed by atoms with Crippen molar-refractivity contribution in [1.82, 2.24) is 19.9 Å². The number of ether oxygens (including phenoxy) is 1. The van der Waals surface area contributed by atoms with Crippen molar-refractivity contribution < 1.29 is 27.2 Å². The van der Waals surface area contributed by atoms with Gasteiger partial charge in [0.25, 0.3) is 5.91 Å². The number of nitrogens with zero attached hydrogens (tertiary/aromatic N) is 4. The second-order valence-corrected chi connectivity index (χ2v) is 7.59. The first kappa shape index (κ1) is 22.8. The molecule has 7 nitrogen and oxygen atoms in total. The summed E-state index contributed by atoms with van der Waals surface area (Å²) in [6, 6.07) is 12.0. The van der Waals surface area contributed by atoms with Crippen molar-refractivity contribution in [3.05, 3.63) is 65.5 Å². The number of hydrogen-bond acceptors (Lipinski definition) is 6. The second-order valence-electron chi connectivity index (χ2n) is 7.59. The van der Waals surface area contributed by atoms with E-state index in [1.165, 1.54) is 12.1 Å². The molecule has 174 valence electrons. The number of para-hydroxylation sites is 1. The van der Waals surface area contributed by atoms with Gasteiger partial charge in [0, 0.05) is 31.7 Å². The van der Waals surface area contributed by atoms with Crippen LogP contribution in [-0.2, 0) is 12.7 Å². The van der Waals surface area contributed by atoms with Crippen LogP contribution in [0.3, 0.4) is 0 Å². The van der Waals surface area contributed by atoms with Gasteiger partial charge in [-0.3, -0.25) is 9.69 Å². The van der Waals surface area contributed by atoms with E-state index in [0.717, 1.165) is 12.1 Å². The molecule has 0 aliphatic carbocycles. The van der Waals surface area contributed by atoms with Crippen LogP contribution < -0.4 is 4.74 Å². The fourth-order valence-corrected chi connectivity index (χ4v) is 3.67. The largest absolute Gasteiger partial charge is 0.493 e. The van der Waals surface area contributed by atoms with E-state index >= 15 is 0 Å². The monoisotopic (exact) mass is 460 g/mol. The highest BCUT2D eigenvalue weighted by Crippen LogP contribution is 2.31. The van der Waals surface area contributed by atoms with E-state index in [1.54, 1.807) is 17.0 Å². The Bertz CT molecular complexity index is 1110. The molecule has 0 spiro atoms. The standard InChI is InChI=1S/C23H23F3N4O3/c1-2-32-19-9-4-3-8-18(19)22(31)30-12-10-29(11-13-30)15-20-27-21(28-33-20)16-6-5-7-17(14-16)23(24,25)26/h3-9,14H,2,10-13,15H2,1H3. The lowest BCUT2D eigenvalue weighted by molar-refractivity contribution is -0.137. The van der Waals surface area contributed by atoms with Crippen LogP contribution in [0, 0.1) is 0 Å². The molecule has 4 rings (SSSR count). The van der Waals surface area contributed by atoms with Gasteiger partial charge in [-0.05, 0) is 31.2 Å². The zero-order chi connectivity index (χ0) is 23.4. The molecule has 1 fully saturated rings. The molecular weight excluding hydrogens is 437 g/mol. The summed E-state index contributed by atoms with van der Waals surface area (Å²) in [4.78, 5) is 21.0. The summed E-state index contributed by atoms with van der Waals surface area (Å²) in [6.45, 7) is 4.94. The van der Waals surface area contributed by atoms with Gasteiger partial charge in [-0.15, -0.1) is 0 Å². The van der Waals surface area contributed by atoms with E-state index in [9.17, 15) is 18.0 Å². The molecule has 1 saturated heterocycles. The van der Waals surface area contributed by atoms with E-state index in [0.29, 0.717) is 56.5 Å². The van der Waals surface area contributed by atoms with Gasteiger partial charge in [0.15, 0.2) is 0 Å². The Morgan fingerprint density at radius 1 is 1.09 bits per heavy atom. The molecule has 0 saturated carbocycles. The first-order chi connectivity index (χ1) is 15.8. The molecule has 1 aliphatic heterocycles. The summed E-state index contributed by atoms with van der Waals surface area (Å²) < 4.78 is 49.7. The van der Waals surface area contributed by atoms with Crippen molar-refractivity contribution in [2.24, 2.45) is 0 Å². The van der Waals surface area contributed by atoms with Crippen molar-refractivity contribution >= 4 is 5.91 Å². The number of halogens is 3. The molecule has 2 aromatic carbocycles. The topological polar surface area (TPSA) is 71.7 Å². The average Bonchev–Trinajstić information content (AvgIpc) is 3.28. The van der Waals surface area contributed by atoms with E-state index in [1.807, 2.05) is 19.1 Å². The minimum Gasteiger partial charge on any atom is -0.493 e. The summed E-state index contributed by atoms with van der Waals surface area (Å²) in [5.41, 5.74) is 0.0108. The second kappa shape index (κ2) is 9.62. The summed E-state index contributed by atoms with van der Waals surface area (Å²) >= 11 is 0. The third kappa shape index (κ3) is 5.33. The highest BCUT2D eigenvalue weighted by Gasteiger charge is 2.31. The zero-order valence-corrected chi connectivity index (χ0v) is 18.0. The average molecular weight is 460 g/mol. The summed E-state index contributed by atoms with van der Waals surface area (Å²) in [5, 5.41) is 3.83. The molecule has 0 atom stereocenters. The maximum absolute atomic E-state index is 12.9. The van der Waals surface area contributed by atoms with E-state index < -0.39 is 11.7 Å². The third-order valence-corrected chi connectivity index (χ3v) is 5.35. The molecule has 0 unspecified atom stereocenters. The van der Waals surface area contributed by atoms with Crippen molar-refractivity contribution in [1.29, 1.82) is 0 Å². The van der Waals surface area contributed by atoms with Crippen LogP contribution in [0.15, 0.2) is 53.1 Å². The summed E-state index contributed by atoms with van der Waals surface area (Å²) in [7, 11) is 0. The van der Waals surface area contributed by atoms with Gasteiger partial charge in [-0.2, -0.15) is 18.2 Å². The molecule has 1 aliphatic rings. The highest BCUT2D eigenvalue weighted by molar-refractivity contribution is 5.97. The molecule has 33 heavy (non-hydrogen) atoms. The molecule has 1 aromatic heterocycles. The number of hydrogen-bond donors (Lipinski definition) is 0. The Labute approximate surface area is 188 Å². The van der Waals surface area contributed by atoms with Crippen LogP contribution in [0.25, 0.3) is 11.4 Å². The van der Waals surface area contributed by atoms with Crippen LogP contribution in [-0.4, -0.2) is 58.6 Å². The molecule has 0 N–H and O–H groups in total. The number of benzene rings is 2. The lowest BCUT2D eigenvalue weighted by Crippen LogP contribution is -2.48. The van der Waals surface area contributed by atoms with Gasteiger partial charge in [0.05, 0.1) is 24.3 Å². The lowest BCUT2D eigenvalue weighted by Gasteiger charge is -2.34. The maximum Gasteiger partial charge on any atom is 0.416 e. The number of carbonyl (C=O) groups is 1. The van der Waals surface area contributed by atoms with Gasteiger partial charge in [0.1, 0.15) is 5.75 Å². The van der Waals surface area contributed by atoms with E-state index in [-0.39, 0.29) is 17.3 Å². The minimum absolute atomic E-state index is 0.0803. The van der Waals surface area contributed by atoms with Gasteiger partial charge in [-0.25, -0.2) is 0 Å². The van der Waals surface area contributed by atoms with Crippen molar-refractivity contribution in [2.75, 3.05) is 32.8 Å². The molecular formula is C23H23F3N4O3. The van der Waals surface area contributed by atoms with Crippen molar-refractivity contribution in [3.8, 4) is 17.1 Å². The fourth-order valence-electron chi connectivity index (χ4n) is 3.67. The molecule has 3 aromatic rings. The van der Waals surface area contributed by atoms with E-state index in [4.69, 9.17) is 9.26 Å². The quantitative estimate of drug-likeness (QED) is 0.551. The van der Waals surface area contributed by atoms with Gasteiger partial charge < -0.3 is 14.2 Å². The maximum atomic E-state index is 12.9. The van der Waals surface area contributed by atoms with Crippen LogP contribution in [0.4, 0.5) is 13.2 Å².